The van der Waals surface area contributed by atoms with Gasteiger partial charge in [0.1, 0.15) is 12.4 Å². The van der Waals surface area contributed by atoms with Gasteiger partial charge in [0, 0.05) is 27.8 Å². The molecule has 0 spiro atoms. The summed E-state index contributed by atoms with van der Waals surface area (Å²) in [6, 6.07) is 19.6. The van der Waals surface area contributed by atoms with E-state index in [0.717, 1.165) is 54.7 Å². The zero-order valence-electron chi connectivity index (χ0n) is 17.0. The Morgan fingerprint density at radius 2 is 1.50 bits per heavy atom. The molecule has 6 nitrogen and oxygen atoms in total. The van der Waals surface area contributed by atoms with Crippen LogP contribution in [-0.2, 0) is 4.79 Å². The Bertz CT molecular complexity index is 1670. The van der Waals surface area contributed by atoms with Gasteiger partial charge in [0.25, 0.3) is 0 Å². The molecule has 4 N–H and O–H groups in total. The Balaban J connectivity index is 1.52. The first kappa shape index (κ1) is 17.4. The molecule has 0 amide bonds. The number of allylic oxidation sites excluding steroid dienone is 2. The molecule has 4 aromatic carbocycles. The topological polar surface area (TPSA) is 85.8 Å². The lowest BCUT2D eigenvalue weighted by molar-refractivity contribution is -0.109. The molecule has 154 valence electrons. The maximum absolute atomic E-state index is 13.4. The maximum Gasteiger partial charge on any atom is 0.201 e. The zero-order chi connectivity index (χ0) is 21.4. The van der Waals surface area contributed by atoms with E-state index in [1.807, 2.05) is 60.7 Å². The number of aliphatic hydroxyl groups excluding tert-OH is 1. The first-order valence-electron chi connectivity index (χ1n) is 10.6. The van der Waals surface area contributed by atoms with Crippen LogP contribution in [0.2, 0.25) is 0 Å². The van der Waals surface area contributed by atoms with Gasteiger partial charge in [-0.25, -0.2) is 0 Å². The monoisotopic (exact) mass is 418 g/mol. The highest BCUT2D eigenvalue weighted by molar-refractivity contribution is 6.53. The van der Waals surface area contributed by atoms with Crippen molar-refractivity contribution in [3.8, 4) is 0 Å². The molecule has 0 unspecified atom stereocenters. The predicted octanol–water partition coefficient (Wildman–Crippen LogP) is 3.49. The van der Waals surface area contributed by atoms with E-state index in [1.165, 1.54) is 0 Å². The summed E-state index contributed by atoms with van der Waals surface area (Å²) in [4.78, 5) is 18.0. The van der Waals surface area contributed by atoms with Crippen molar-refractivity contribution < 1.29 is 9.90 Å². The summed E-state index contributed by atoms with van der Waals surface area (Å²) in [6.45, 7) is 1.19. The van der Waals surface area contributed by atoms with Crippen molar-refractivity contribution in [2.75, 3.05) is 29.3 Å². The molecule has 2 aliphatic heterocycles. The largest absolute Gasteiger partial charge is 0.506 e. The number of benzene rings is 4. The molecular formula is C26H18N4O2. The van der Waals surface area contributed by atoms with Crippen molar-refractivity contribution in [2.24, 2.45) is 4.99 Å². The molecule has 0 saturated carbocycles. The first-order chi connectivity index (χ1) is 15.7. The highest BCUT2D eigenvalue weighted by Gasteiger charge is 2.37. The molecule has 3 aliphatic rings. The third-order valence-corrected chi connectivity index (χ3v) is 6.60. The minimum Gasteiger partial charge on any atom is -0.506 e. The molecule has 4 aromatic rings. The minimum atomic E-state index is -0.138. The van der Waals surface area contributed by atoms with Crippen LogP contribution in [0.1, 0.15) is 5.56 Å². The van der Waals surface area contributed by atoms with Crippen LogP contribution in [0.15, 0.2) is 71.4 Å². The van der Waals surface area contributed by atoms with Gasteiger partial charge in [0.05, 0.1) is 23.2 Å². The molecule has 0 fully saturated rings. The molecule has 0 saturated heterocycles. The van der Waals surface area contributed by atoms with Crippen LogP contribution in [0.4, 0.5) is 17.1 Å². The fourth-order valence-corrected chi connectivity index (χ4v) is 5.15. The minimum absolute atomic E-state index is 0.0499. The number of nitrogens with one attached hydrogen (secondary N) is 3. The Morgan fingerprint density at radius 3 is 2.31 bits per heavy atom. The Morgan fingerprint density at radius 1 is 0.750 bits per heavy atom. The summed E-state index contributed by atoms with van der Waals surface area (Å²) in [7, 11) is 0. The summed E-state index contributed by atoms with van der Waals surface area (Å²) in [5.74, 6) is -0.0878. The van der Waals surface area contributed by atoms with E-state index in [9.17, 15) is 9.90 Å². The van der Waals surface area contributed by atoms with Gasteiger partial charge in [-0.05, 0) is 45.8 Å². The van der Waals surface area contributed by atoms with E-state index in [4.69, 9.17) is 0 Å². The number of hydrogen-bond acceptors (Lipinski definition) is 6. The zero-order valence-corrected chi connectivity index (χ0v) is 17.0. The number of rotatable bonds is 1. The van der Waals surface area contributed by atoms with Gasteiger partial charge in [-0.15, -0.1) is 0 Å². The number of carbonyl (C=O) groups is 1. The Hall–Kier alpha value is -4.32. The van der Waals surface area contributed by atoms with Crippen molar-refractivity contribution in [1.29, 1.82) is 0 Å². The number of carbonyl (C=O) groups excluding carboxylic acids is 1. The van der Waals surface area contributed by atoms with Crippen LogP contribution in [0.25, 0.3) is 32.7 Å². The number of anilines is 3. The quantitative estimate of drug-likeness (QED) is 0.380. The molecule has 0 bridgehead atoms. The van der Waals surface area contributed by atoms with Crippen molar-refractivity contribution in [3.05, 3.63) is 82.6 Å². The maximum atomic E-state index is 13.4. The number of aliphatic hydroxyl groups is 1. The average Bonchev–Trinajstić information content (AvgIpc) is 2.83. The van der Waals surface area contributed by atoms with Crippen molar-refractivity contribution in [3.63, 3.8) is 0 Å². The normalized spacial score (nSPS) is 17.9. The van der Waals surface area contributed by atoms with Crippen LogP contribution in [0.5, 0.6) is 0 Å². The summed E-state index contributed by atoms with van der Waals surface area (Å²) >= 11 is 0. The van der Waals surface area contributed by atoms with Gasteiger partial charge < -0.3 is 21.1 Å². The second-order valence-corrected chi connectivity index (χ2v) is 8.20. The fourth-order valence-electron chi connectivity index (χ4n) is 5.15. The number of Topliss-reactive ketones (excluding diaryl/α,β-unsaturated/α-hetero) is 1. The molecular weight excluding hydrogens is 400 g/mol. The number of nitrogens with zero attached hydrogens (tertiary/aromatic N) is 1. The Kier molecular flexibility index (Phi) is 3.31. The summed E-state index contributed by atoms with van der Waals surface area (Å²) < 4.78 is 0. The van der Waals surface area contributed by atoms with E-state index in [-0.39, 0.29) is 11.5 Å². The smallest absolute Gasteiger partial charge is 0.201 e. The summed E-state index contributed by atoms with van der Waals surface area (Å²) in [6.07, 6.45) is 0. The summed E-state index contributed by atoms with van der Waals surface area (Å²) in [5.41, 5.74) is 4.53. The first-order valence-corrected chi connectivity index (χ1v) is 10.6. The fraction of sp³-hybridized carbons (Fsp3) is 0.0769. The molecule has 32 heavy (non-hydrogen) atoms. The lowest BCUT2D eigenvalue weighted by atomic mass is 9.79. The van der Waals surface area contributed by atoms with Crippen LogP contribution < -0.4 is 26.5 Å². The van der Waals surface area contributed by atoms with Gasteiger partial charge in [-0.1, -0.05) is 36.4 Å². The van der Waals surface area contributed by atoms with E-state index in [2.05, 4.69) is 20.9 Å². The lowest BCUT2D eigenvalue weighted by Gasteiger charge is -2.26. The van der Waals surface area contributed by atoms with Gasteiger partial charge in [0.15, 0.2) is 0 Å². The molecule has 0 atom stereocenters. The predicted molar refractivity (Wildman–Crippen MR) is 127 cm³/mol. The number of ketones is 1. The van der Waals surface area contributed by atoms with E-state index in [0.29, 0.717) is 24.5 Å². The third-order valence-electron chi connectivity index (χ3n) is 6.60. The van der Waals surface area contributed by atoms with E-state index < -0.39 is 0 Å². The molecule has 6 heteroatoms. The second-order valence-electron chi connectivity index (χ2n) is 8.20. The third kappa shape index (κ3) is 2.13. The van der Waals surface area contributed by atoms with Crippen LogP contribution in [-0.4, -0.2) is 24.2 Å². The highest BCUT2D eigenvalue weighted by Crippen LogP contribution is 2.43. The highest BCUT2D eigenvalue weighted by atomic mass is 16.3. The lowest BCUT2D eigenvalue weighted by Crippen LogP contribution is -2.29. The molecule has 0 radical (unpaired) electrons. The molecule has 1 aliphatic carbocycles. The van der Waals surface area contributed by atoms with E-state index in [1.54, 1.807) is 0 Å². The van der Waals surface area contributed by atoms with Gasteiger partial charge in [-0.2, -0.15) is 0 Å². The van der Waals surface area contributed by atoms with Crippen LogP contribution in [0.3, 0.4) is 0 Å². The Labute approximate surface area is 182 Å². The number of hydrogen-bond donors (Lipinski definition) is 4. The molecule has 7 rings (SSSR count). The molecule has 2 heterocycles. The van der Waals surface area contributed by atoms with Gasteiger partial charge >= 0.3 is 0 Å². The van der Waals surface area contributed by atoms with E-state index >= 15 is 0 Å². The summed E-state index contributed by atoms with van der Waals surface area (Å²) in [5, 5.41) is 26.6. The average molecular weight is 418 g/mol. The van der Waals surface area contributed by atoms with Crippen molar-refractivity contribution in [2.45, 2.75) is 0 Å². The SMILES string of the molecule is O=C1C(c2ccc3c4c(cccc24)NCN3)=C(O)/C1=c1\ccc2c3c(cccc13)NCN=2. The van der Waals surface area contributed by atoms with Crippen molar-refractivity contribution >= 4 is 55.5 Å². The van der Waals surface area contributed by atoms with Crippen molar-refractivity contribution in [1.82, 2.24) is 0 Å². The standard InChI is InChI=1S/C26H18N4O2/c31-25-23(15-7-9-19-21-13(15)3-1-5-17(21)27-11-29-19)26(32)24(25)16-8-10-20-22-14(16)4-2-6-18(22)28-12-30-20/h1-10,27-29,31H,11-12H2/b24-16-. The second kappa shape index (κ2) is 6.11. The molecule has 0 aromatic heterocycles. The van der Waals surface area contributed by atoms with Crippen LogP contribution >= 0.6 is 0 Å². The van der Waals surface area contributed by atoms with Crippen LogP contribution in [0, 0.1) is 0 Å². The van der Waals surface area contributed by atoms with Gasteiger partial charge in [-0.3, -0.25) is 9.79 Å². The van der Waals surface area contributed by atoms with Gasteiger partial charge in [0.2, 0.25) is 5.78 Å².